The number of carboxylic acid groups (broad SMARTS) is 2. The molecule has 0 saturated carbocycles. The minimum absolute atomic E-state index is 0.236. The lowest BCUT2D eigenvalue weighted by Crippen LogP contribution is -2.35. The van der Waals surface area contributed by atoms with Gasteiger partial charge >= 0.3 is 18.1 Å². The number of aliphatic carboxylic acids is 2. The molecule has 26 heavy (non-hydrogen) atoms. The molecule has 7 nitrogen and oxygen atoms in total. The third kappa shape index (κ3) is 6.58. The Labute approximate surface area is 147 Å². The molecule has 0 amide bonds. The van der Waals surface area contributed by atoms with Gasteiger partial charge in [0, 0.05) is 25.2 Å². The summed E-state index contributed by atoms with van der Waals surface area (Å²) >= 11 is 0. The van der Waals surface area contributed by atoms with E-state index >= 15 is 0 Å². The van der Waals surface area contributed by atoms with Crippen molar-refractivity contribution in [3.8, 4) is 6.07 Å². The first kappa shape index (κ1) is 21.2. The molecule has 1 aromatic heterocycles. The average molecular weight is 373 g/mol. The van der Waals surface area contributed by atoms with E-state index in [1.54, 1.807) is 6.07 Å². The molecule has 0 aliphatic carbocycles. The minimum atomic E-state index is -5.08. The van der Waals surface area contributed by atoms with Gasteiger partial charge < -0.3 is 15.1 Å². The molecule has 1 aliphatic rings. The van der Waals surface area contributed by atoms with Crippen LogP contribution in [0.5, 0.6) is 0 Å². The monoisotopic (exact) mass is 373 g/mol. The van der Waals surface area contributed by atoms with Crippen LogP contribution in [0.4, 0.5) is 19.0 Å². The number of piperidine rings is 1. The van der Waals surface area contributed by atoms with Crippen molar-refractivity contribution in [1.82, 2.24) is 4.98 Å². The minimum Gasteiger partial charge on any atom is -0.481 e. The Morgan fingerprint density at radius 3 is 2.27 bits per heavy atom. The molecule has 2 heterocycles. The molecule has 0 spiro atoms. The largest absolute Gasteiger partial charge is 0.490 e. The standard InChI is InChI=1S/C14H17N3O2.C2HF3O2/c1-10-2-3-12(9-15)14(16-10)17-6-4-11(5-7-17)8-13(18)19;3-2(4,5)1(6)7/h2-3,11H,4-8H2,1H3,(H,18,19);(H,6,7). The van der Waals surface area contributed by atoms with E-state index in [-0.39, 0.29) is 12.3 Å². The molecule has 1 saturated heterocycles. The fraction of sp³-hybridized carbons (Fsp3) is 0.500. The van der Waals surface area contributed by atoms with Crippen molar-refractivity contribution >= 4 is 17.8 Å². The topological polar surface area (TPSA) is 115 Å². The van der Waals surface area contributed by atoms with Crippen LogP contribution in [-0.4, -0.2) is 46.4 Å². The average Bonchev–Trinajstić information content (AvgIpc) is 2.54. The van der Waals surface area contributed by atoms with E-state index in [4.69, 9.17) is 20.3 Å². The van der Waals surface area contributed by atoms with Crippen LogP contribution in [0, 0.1) is 24.2 Å². The Hall–Kier alpha value is -2.83. The Bertz CT molecular complexity index is 693. The molecular formula is C16H18F3N3O4. The summed E-state index contributed by atoms with van der Waals surface area (Å²) < 4.78 is 31.7. The smallest absolute Gasteiger partial charge is 0.481 e. The molecule has 1 aromatic rings. The van der Waals surface area contributed by atoms with Gasteiger partial charge in [0.2, 0.25) is 0 Å². The highest BCUT2D eigenvalue weighted by atomic mass is 19.4. The van der Waals surface area contributed by atoms with Gasteiger partial charge in [-0.3, -0.25) is 4.79 Å². The number of pyridine rings is 1. The molecule has 10 heteroatoms. The van der Waals surface area contributed by atoms with Crippen molar-refractivity contribution < 1.29 is 33.0 Å². The van der Waals surface area contributed by atoms with Crippen molar-refractivity contribution in [3.63, 3.8) is 0 Å². The van der Waals surface area contributed by atoms with E-state index in [0.717, 1.165) is 37.4 Å². The van der Waals surface area contributed by atoms with Crippen LogP contribution < -0.4 is 4.90 Å². The van der Waals surface area contributed by atoms with Gasteiger partial charge in [-0.25, -0.2) is 9.78 Å². The van der Waals surface area contributed by atoms with Gasteiger partial charge in [0.05, 0.1) is 5.56 Å². The van der Waals surface area contributed by atoms with E-state index < -0.39 is 18.1 Å². The number of alkyl halides is 3. The number of hydrogen-bond acceptors (Lipinski definition) is 5. The number of aryl methyl sites for hydroxylation is 1. The summed E-state index contributed by atoms with van der Waals surface area (Å²) in [5.74, 6) is -2.52. The number of anilines is 1. The summed E-state index contributed by atoms with van der Waals surface area (Å²) in [6, 6.07) is 5.79. The highest BCUT2D eigenvalue weighted by molar-refractivity contribution is 5.73. The molecule has 0 aromatic carbocycles. The molecule has 2 rings (SSSR count). The van der Waals surface area contributed by atoms with E-state index in [1.165, 1.54) is 0 Å². The van der Waals surface area contributed by atoms with Crippen LogP contribution in [0.15, 0.2) is 12.1 Å². The normalized spacial score (nSPS) is 14.8. The van der Waals surface area contributed by atoms with Crippen LogP contribution in [0.1, 0.15) is 30.5 Å². The van der Waals surface area contributed by atoms with Crippen molar-refractivity contribution in [2.75, 3.05) is 18.0 Å². The van der Waals surface area contributed by atoms with E-state index in [2.05, 4.69) is 16.0 Å². The predicted octanol–water partition coefficient (Wildman–Crippen LogP) is 2.59. The van der Waals surface area contributed by atoms with Crippen molar-refractivity contribution in [3.05, 3.63) is 23.4 Å². The van der Waals surface area contributed by atoms with Crippen LogP contribution >= 0.6 is 0 Å². The zero-order valence-corrected chi connectivity index (χ0v) is 14.0. The number of rotatable bonds is 3. The third-order valence-electron chi connectivity index (χ3n) is 3.75. The second-order valence-electron chi connectivity index (χ2n) is 5.77. The number of nitriles is 1. The summed E-state index contributed by atoms with van der Waals surface area (Å²) in [6.07, 6.45) is -3.17. The quantitative estimate of drug-likeness (QED) is 0.837. The van der Waals surface area contributed by atoms with E-state index in [9.17, 15) is 18.0 Å². The fourth-order valence-electron chi connectivity index (χ4n) is 2.47. The first-order valence-corrected chi connectivity index (χ1v) is 7.69. The van der Waals surface area contributed by atoms with Crippen molar-refractivity contribution in [1.29, 1.82) is 5.26 Å². The van der Waals surface area contributed by atoms with Crippen LogP contribution in [0.2, 0.25) is 0 Å². The summed E-state index contributed by atoms with van der Waals surface area (Å²) in [4.78, 5) is 26.1. The number of aromatic nitrogens is 1. The van der Waals surface area contributed by atoms with Gasteiger partial charge in [0.25, 0.3) is 0 Å². The third-order valence-corrected chi connectivity index (χ3v) is 3.75. The van der Waals surface area contributed by atoms with Crippen LogP contribution in [0.25, 0.3) is 0 Å². The lowest BCUT2D eigenvalue weighted by atomic mass is 9.93. The van der Waals surface area contributed by atoms with Crippen molar-refractivity contribution in [2.45, 2.75) is 32.4 Å². The van der Waals surface area contributed by atoms with Crippen LogP contribution in [-0.2, 0) is 9.59 Å². The highest BCUT2D eigenvalue weighted by Gasteiger charge is 2.38. The summed E-state index contributed by atoms with van der Waals surface area (Å²) in [6.45, 7) is 3.44. The maximum absolute atomic E-state index is 10.7. The number of nitrogens with zero attached hydrogens (tertiary/aromatic N) is 3. The SMILES string of the molecule is Cc1ccc(C#N)c(N2CCC(CC(=O)O)CC2)n1.O=C(O)C(F)(F)F. The second kappa shape index (κ2) is 9.03. The van der Waals surface area contributed by atoms with Gasteiger partial charge in [-0.1, -0.05) is 0 Å². The molecule has 1 aliphatic heterocycles. The zero-order chi connectivity index (χ0) is 19.9. The van der Waals surface area contributed by atoms with E-state index in [0.29, 0.717) is 5.56 Å². The summed E-state index contributed by atoms with van der Waals surface area (Å²) in [5.41, 5.74) is 1.48. The van der Waals surface area contributed by atoms with Gasteiger partial charge in [0.15, 0.2) is 0 Å². The van der Waals surface area contributed by atoms with Gasteiger partial charge in [-0.05, 0) is 37.8 Å². The maximum Gasteiger partial charge on any atom is 0.490 e. The lowest BCUT2D eigenvalue weighted by molar-refractivity contribution is -0.192. The molecule has 0 radical (unpaired) electrons. The zero-order valence-electron chi connectivity index (χ0n) is 14.0. The number of halogens is 3. The van der Waals surface area contributed by atoms with Crippen molar-refractivity contribution in [2.24, 2.45) is 5.92 Å². The molecule has 142 valence electrons. The fourth-order valence-corrected chi connectivity index (χ4v) is 2.47. The number of carbonyl (C=O) groups is 2. The number of hydrogen-bond donors (Lipinski definition) is 2. The second-order valence-corrected chi connectivity index (χ2v) is 5.77. The Morgan fingerprint density at radius 2 is 1.85 bits per heavy atom. The Balaban J connectivity index is 0.000000412. The van der Waals surface area contributed by atoms with Gasteiger partial charge in [0.1, 0.15) is 11.9 Å². The predicted molar refractivity (Wildman–Crippen MR) is 84.6 cm³/mol. The molecule has 0 unspecified atom stereocenters. The molecule has 0 bridgehead atoms. The van der Waals surface area contributed by atoms with Crippen LogP contribution in [0.3, 0.4) is 0 Å². The highest BCUT2D eigenvalue weighted by Crippen LogP contribution is 2.26. The molecular weight excluding hydrogens is 355 g/mol. The van der Waals surface area contributed by atoms with Gasteiger partial charge in [-0.15, -0.1) is 0 Å². The van der Waals surface area contributed by atoms with Gasteiger partial charge in [-0.2, -0.15) is 18.4 Å². The lowest BCUT2D eigenvalue weighted by Gasteiger charge is -2.32. The molecule has 2 N–H and O–H groups in total. The first-order valence-electron chi connectivity index (χ1n) is 7.69. The summed E-state index contributed by atoms with van der Waals surface area (Å²) in [7, 11) is 0. The molecule has 1 fully saturated rings. The van der Waals surface area contributed by atoms with E-state index in [1.807, 2.05) is 13.0 Å². The Morgan fingerprint density at radius 1 is 1.31 bits per heavy atom. The first-order chi connectivity index (χ1) is 12.0. The molecule has 0 atom stereocenters. The number of carboxylic acids is 2. The Kier molecular flexibility index (Phi) is 7.37. The maximum atomic E-state index is 10.7. The summed E-state index contributed by atoms with van der Waals surface area (Å²) in [5, 5.41) is 25.0.